The molecule has 1 aromatic carbocycles. The van der Waals surface area contributed by atoms with E-state index in [1.807, 2.05) is 19.1 Å². The number of halogens is 1. The van der Waals surface area contributed by atoms with Crippen molar-refractivity contribution < 1.29 is 14.3 Å². The maximum atomic E-state index is 12.2. The molecule has 0 aliphatic heterocycles. The van der Waals surface area contributed by atoms with Crippen molar-refractivity contribution >= 4 is 35.1 Å². The summed E-state index contributed by atoms with van der Waals surface area (Å²) < 4.78 is 6.17. The topological polar surface area (TPSA) is 46.6 Å². The minimum absolute atomic E-state index is 0.0994. The lowest BCUT2D eigenvalue weighted by atomic mass is 10.2. The summed E-state index contributed by atoms with van der Waals surface area (Å²) >= 11 is 7.35. The molecule has 1 heterocycles. The van der Waals surface area contributed by atoms with E-state index in [1.165, 1.54) is 11.3 Å². The second-order valence-corrected chi connectivity index (χ2v) is 6.36. The Hall–Kier alpha value is -1.85. The summed E-state index contributed by atoms with van der Waals surface area (Å²) in [6, 6.07) is 10.6. The van der Waals surface area contributed by atoms with Gasteiger partial charge in [-0.15, -0.1) is 11.3 Å². The number of hydrogen-bond donors (Lipinski definition) is 0. The first-order chi connectivity index (χ1) is 10.6. The Bertz CT molecular complexity index is 656. The van der Waals surface area contributed by atoms with E-state index >= 15 is 0 Å². The minimum atomic E-state index is -0.132. The molecular formula is C16H16ClNO3S. The van der Waals surface area contributed by atoms with Gasteiger partial charge in [0, 0.05) is 11.4 Å². The molecule has 1 amide bonds. The van der Waals surface area contributed by atoms with Crippen LogP contribution in [-0.2, 0) is 11.3 Å². The molecule has 0 aliphatic rings. The highest BCUT2D eigenvalue weighted by Gasteiger charge is 2.14. The van der Waals surface area contributed by atoms with Crippen molar-refractivity contribution in [1.82, 2.24) is 4.90 Å². The Labute approximate surface area is 138 Å². The quantitative estimate of drug-likeness (QED) is 0.725. The fourth-order valence-electron chi connectivity index (χ4n) is 1.94. The average molecular weight is 338 g/mol. The number of amides is 1. The van der Waals surface area contributed by atoms with Gasteiger partial charge in [0.1, 0.15) is 5.75 Å². The van der Waals surface area contributed by atoms with Crippen molar-refractivity contribution in [3.8, 4) is 5.75 Å². The molecule has 22 heavy (non-hydrogen) atoms. The lowest BCUT2D eigenvalue weighted by Gasteiger charge is -2.20. The summed E-state index contributed by atoms with van der Waals surface area (Å²) in [5, 5.41) is 0. The first kappa shape index (κ1) is 16.5. The second-order valence-electron chi connectivity index (χ2n) is 4.56. The lowest BCUT2D eigenvalue weighted by molar-refractivity contribution is -0.133. The zero-order valence-corrected chi connectivity index (χ0v) is 13.7. The normalized spacial score (nSPS) is 10.3. The molecule has 0 aliphatic carbocycles. The summed E-state index contributed by atoms with van der Waals surface area (Å²) in [6.07, 6.45) is 0.713. The Kier molecular flexibility index (Phi) is 5.98. The Morgan fingerprint density at radius 2 is 2.09 bits per heavy atom. The summed E-state index contributed by atoms with van der Waals surface area (Å²) in [6.45, 7) is 2.89. The van der Waals surface area contributed by atoms with Gasteiger partial charge in [-0.1, -0.05) is 23.7 Å². The number of thiophene rings is 1. The van der Waals surface area contributed by atoms with Crippen LogP contribution in [0, 0.1) is 0 Å². The van der Waals surface area contributed by atoms with Crippen molar-refractivity contribution in [2.75, 3.05) is 13.2 Å². The highest BCUT2D eigenvalue weighted by Crippen LogP contribution is 2.23. The second kappa shape index (κ2) is 7.96. The molecule has 0 unspecified atom stereocenters. The molecule has 0 saturated heterocycles. The molecule has 1 aromatic heterocycles. The highest BCUT2D eigenvalue weighted by atomic mass is 35.5. The Balaban J connectivity index is 1.96. The van der Waals surface area contributed by atoms with E-state index in [-0.39, 0.29) is 12.5 Å². The van der Waals surface area contributed by atoms with Gasteiger partial charge >= 0.3 is 0 Å². The zero-order chi connectivity index (χ0) is 15.9. The largest absolute Gasteiger partial charge is 0.483 e. The molecule has 116 valence electrons. The predicted molar refractivity (Wildman–Crippen MR) is 87.7 cm³/mol. The summed E-state index contributed by atoms with van der Waals surface area (Å²) in [4.78, 5) is 25.9. The van der Waals surface area contributed by atoms with E-state index in [9.17, 15) is 9.59 Å². The highest BCUT2D eigenvalue weighted by molar-refractivity contribution is 7.16. The minimum Gasteiger partial charge on any atom is -0.483 e. The standard InChI is InChI=1S/C16H16ClNO3S/c1-2-18(9-13-7-8-15(17)22-13)16(20)11-21-14-6-4-3-5-12(14)10-19/h3-8,10H,2,9,11H2,1H3. The van der Waals surface area contributed by atoms with Crippen LogP contribution in [0.1, 0.15) is 22.2 Å². The smallest absolute Gasteiger partial charge is 0.260 e. The summed E-state index contributed by atoms with van der Waals surface area (Å²) in [5.41, 5.74) is 0.434. The maximum Gasteiger partial charge on any atom is 0.260 e. The molecule has 4 nitrogen and oxygen atoms in total. The molecule has 0 atom stereocenters. The van der Waals surface area contributed by atoms with Crippen LogP contribution in [0.2, 0.25) is 4.34 Å². The number of nitrogens with zero attached hydrogens (tertiary/aromatic N) is 1. The van der Waals surface area contributed by atoms with Gasteiger partial charge in [-0.25, -0.2) is 0 Å². The van der Waals surface area contributed by atoms with Crippen LogP contribution in [-0.4, -0.2) is 30.2 Å². The molecule has 2 aromatic rings. The van der Waals surface area contributed by atoms with E-state index < -0.39 is 0 Å². The fourth-order valence-corrected chi connectivity index (χ4v) is 3.04. The number of likely N-dealkylation sites (N-methyl/N-ethyl adjacent to an activating group) is 1. The van der Waals surface area contributed by atoms with Crippen molar-refractivity contribution in [1.29, 1.82) is 0 Å². The number of carbonyl (C=O) groups is 2. The number of para-hydroxylation sites is 1. The number of rotatable bonds is 7. The fraction of sp³-hybridized carbons (Fsp3) is 0.250. The van der Waals surface area contributed by atoms with Crippen LogP contribution in [0.3, 0.4) is 0 Å². The lowest BCUT2D eigenvalue weighted by Crippen LogP contribution is -2.34. The van der Waals surface area contributed by atoms with Gasteiger partial charge in [-0.05, 0) is 31.2 Å². The third-order valence-electron chi connectivity index (χ3n) is 3.11. The Morgan fingerprint density at radius 3 is 2.73 bits per heavy atom. The van der Waals surface area contributed by atoms with Crippen LogP contribution in [0.5, 0.6) is 5.75 Å². The van der Waals surface area contributed by atoms with E-state index in [0.29, 0.717) is 35.0 Å². The molecule has 0 spiro atoms. The van der Waals surface area contributed by atoms with Crippen molar-refractivity contribution in [2.45, 2.75) is 13.5 Å². The van der Waals surface area contributed by atoms with Crippen LogP contribution in [0.25, 0.3) is 0 Å². The van der Waals surface area contributed by atoms with E-state index in [1.54, 1.807) is 29.2 Å². The molecule has 0 fully saturated rings. The first-order valence-electron chi connectivity index (χ1n) is 6.83. The van der Waals surface area contributed by atoms with Crippen molar-refractivity contribution in [2.24, 2.45) is 0 Å². The number of carbonyl (C=O) groups excluding carboxylic acids is 2. The molecule has 0 radical (unpaired) electrons. The van der Waals surface area contributed by atoms with Crippen LogP contribution in [0.4, 0.5) is 0 Å². The summed E-state index contributed by atoms with van der Waals surface area (Å²) in [7, 11) is 0. The van der Waals surface area contributed by atoms with Crippen molar-refractivity contribution in [3.63, 3.8) is 0 Å². The van der Waals surface area contributed by atoms with E-state index in [0.717, 1.165) is 4.88 Å². The third kappa shape index (κ3) is 4.32. The first-order valence-corrected chi connectivity index (χ1v) is 8.02. The molecule has 2 rings (SSSR count). The SMILES string of the molecule is CCN(Cc1ccc(Cl)s1)C(=O)COc1ccccc1C=O. The maximum absolute atomic E-state index is 12.2. The molecule has 6 heteroatoms. The van der Waals surface area contributed by atoms with Gasteiger partial charge in [-0.2, -0.15) is 0 Å². The molecular weight excluding hydrogens is 322 g/mol. The van der Waals surface area contributed by atoms with Gasteiger partial charge in [0.15, 0.2) is 12.9 Å². The monoisotopic (exact) mass is 337 g/mol. The Morgan fingerprint density at radius 1 is 1.32 bits per heavy atom. The van der Waals surface area contributed by atoms with E-state index in [2.05, 4.69) is 0 Å². The number of hydrogen-bond acceptors (Lipinski definition) is 4. The number of aldehydes is 1. The van der Waals surface area contributed by atoms with Crippen molar-refractivity contribution in [3.05, 3.63) is 51.2 Å². The van der Waals surface area contributed by atoms with Crippen LogP contribution >= 0.6 is 22.9 Å². The molecule has 0 N–H and O–H groups in total. The van der Waals surface area contributed by atoms with Gasteiger partial charge in [-0.3, -0.25) is 9.59 Å². The third-order valence-corrected chi connectivity index (χ3v) is 4.32. The number of ether oxygens (including phenoxy) is 1. The van der Waals surface area contributed by atoms with Gasteiger partial charge in [0.05, 0.1) is 16.4 Å². The number of benzene rings is 1. The predicted octanol–water partition coefficient (Wildman–Crippen LogP) is 3.64. The molecule has 0 bridgehead atoms. The summed E-state index contributed by atoms with van der Waals surface area (Å²) in [5.74, 6) is 0.286. The van der Waals surface area contributed by atoms with Gasteiger partial charge < -0.3 is 9.64 Å². The van der Waals surface area contributed by atoms with Crippen LogP contribution in [0.15, 0.2) is 36.4 Å². The zero-order valence-electron chi connectivity index (χ0n) is 12.1. The molecule has 0 saturated carbocycles. The van der Waals surface area contributed by atoms with Gasteiger partial charge in [0.25, 0.3) is 5.91 Å². The van der Waals surface area contributed by atoms with Crippen LogP contribution < -0.4 is 4.74 Å². The van der Waals surface area contributed by atoms with Gasteiger partial charge in [0.2, 0.25) is 0 Å². The average Bonchev–Trinajstić information content (AvgIpc) is 2.95. The van der Waals surface area contributed by atoms with E-state index in [4.69, 9.17) is 16.3 Å².